The molecule has 7 heteroatoms. The highest BCUT2D eigenvalue weighted by atomic mass is 79.9. The number of carbonyl (C=O) groups is 2. The van der Waals surface area contributed by atoms with Gasteiger partial charge >= 0.3 is 12.0 Å². The fourth-order valence-corrected chi connectivity index (χ4v) is 3.77. The SMILES string of the molecule is COC(=O)C(Cc1c[nH]c2cccc(Br)c12)NC(=O)NC(C)c1ccccc1. The Kier molecular flexibility index (Phi) is 6.36. The van der Waals surface area contributed by atoms with E-state index in [-0.39, 0.29) is 6.04 Å². The van der Waals surface area contributed by atoms with Crippen LogP contribution >= 0.6 is 15.9 Å². The molecule has 0 bridgehead atoms. The zero-order valence-corrected chi connectivity index (χ0v) is 17.2. The van der Waals surface area contributed by atoms with Crippen LogP contribution in [-0.4, -0.2) is 30.1 Å². The van der Waals surface area contributed by atoms with E-state index >= 15 is 0 Å². The van der Waals surface area contributed by atoms with E-state index in [2.05, 4.69) is 31.5 Å². The molecule has 0 saturated carbocycles. The lowest BCUT2D eigenvalue weighted by Crippen LogP contribution is -2.48. The minimum Gasteiger partial charge on any atom is -0.467 e. The number of aromatic amines is 1. The Morgan fingerprint density at radius 2 is 1.86 bits per heavy atom. The summed E-state index contributed by atoms with van der Waals surface area (Å²) in [5.41, 5.74) is 2.84. The van der Waals surface area contributed by atoms with E-state index in [1.807, 2.05) is 61.7 Å². The molecule has 2 unspecified atom stereocenters. The summed E-state index contributed by atoms with van der Waals surface area (Å²) in [5, 5.41) is 6.58. The van der Waals surface area contributed by atoms with Gasteiger partial charge in [-0.1, -0.05) is 52.3 Å². The zero-order valence-electron chi connectivity index (χ0n) is 15.7. The maximum atomic E-state index is 12.5. The maximum absolute atomic E-state index is 12.5. The number of carbonyl (C=O) groups excluding carboxylic acids is 2. The molecule has 1 aromatic heterocycles. The average Bonchev–Trinajstić information content (AvgIpc) is 3.11. The van der Waals surface area contributed by atoms with E-state index in [4.69, 9.17) is 4.74 Å². The van der Waals surface area contributed by atoms with Crippen molar-refractivity contribution in [2.75, 3.05) is 7.11 Å². The van der Waals surface area contributed by atoms with Crippen molar-refractivity contribution in [1.82, 2.24) is 15.6 Å². The van der Waals surface area contributed by atoms with Crippen LogP contribution in [0.15, 0.2) is 59.2 Å². The Hall–Kier alpha value is -2.80. The summed E-state index contributed by atoms with van der Waals surface area (Å²) < 4.78 is 5.81. The number of amides is 2. The Morgan fingerprint density at radius 1 is 1.11 bits per heavy atom. The number of aromatic nitrogens is 1. The molecule has 3 aromatic rings. The van der Waals surface area contributed by atoms with Gasteiger partial charge in [0.1, 0.15) is 6.04 Å². The Bertz CT molecular complexity index is 971. The number of halogens is 1. The van der Waals surface area contributed by atoms with Gasteiger partial charge in [-0.3, -0.25) is 0 Å². The fourth-order valence-electron chi connectivity index (χ4n) is 3.15. The molecule has 0 aliphatic carbocycles. The molecule has 6 nitrogen and oxygen atoms in total. The highest BCUT2D eigenvalue weighted by Gasteiger charge is 2.24. The lowest BCUT2D eigenvalue weighted by molar-refractivity contribution is -0.142. The van der Waals surface area contributed by atoms with Crippen molar-refractivity contribution >= 4 is 38.8 Å². The van der Waals surface area contributed by atoms with Crippen LogP contribution < -0.4 is 10.6 Å². The molecule has 0 aliphatic heterocycles. The number of nitrogens with one attached hydrogen (secondary N) is 3. The summed E-state index contributed by atoms with van der Waals surface area (Å²) in [6.07, 6.45) is 2.15. The Labute approximate surface area is 171 Å². The van der Waals surface area contributed by atoms with Crippen molar-refractivity contribution in [2.24, 2.45) is 0 Å². The number of H-pyrrole nitrogens is 1. The minimum atomic E-state index is -0.806. The van der Waals surface area contributed by atoms with Gasteiger partial charge in [0, 0.05) is 28.0 Å². The van der Waals surface area contributed by atoms with Crippen LogP contribution in [0.2, 0.25) is 0 Å². The number of methoxy groups -OCH3 is 1. The van der Waals surface area contributed by atoms with Gasteiger partial charge in [-0.2, -0.15) is 0 Å². The van der Waals surface area contributed by atoms with Gasteiger partial charge in [-0.15, -0.1) is 0 Å². The summed E-state index contributed by atoms with van der Waals surface area (Å²) in [4.78, 5) is 27.9. The first-order chi connectivity index (χ1) is 13.5. The second-order valence-corrected chi connectivity index (χ2v) is 7.36. The molecular weight excluding hydrogens is 422 g/mol. The van der Waals surface area contributed by atoms with Gasteiger partial charge in [0.15, 0.2) is 0 Å². The van der Waals surface area contributed by atoms with E-state index in [1.165, 1.54) is 7.11 Å². The summed E-state index contributed by atoms with van der Waals surface area (Å²) in [5.74, 6) is -0.496. The number of esters is 1. The minimum absolute atomic E-state index is 0.193. The van der Waals surface area contributed by atoms with Crippen molar-refractivity contribution in [1.29, 1.82) is 0 Å². The first kappa shape index (κ1) is 19.9. The van der Waals surface area contributed by atoms with Crippen molar-refractivity contribution < 1.29 is 14.3 Å². The van der Waals surface area contributed by atoms with Gasteiger partial charge < -0.3 is 20.4 Å². The smallest absolute Gasteiger partial charge is 0.328 e. The number of benzene rings is 2. The highest BCUT2D eigenvalue weighted by Crippen LogP contribution is 2.27. The third-order valence-corrected chi connectivity index (χ3v) is 5.26. The van der Waals surface area contributed by atoms with E-state index in [0.29, 0.717) is 6.42 Å². The lowest BCUT2D eigenvalue weighted by atomic mass is 10.0. The molecule has 2 atom stereocenters. The third kappa shape index (κ3) is 4.54. The summed E-state index contributed by atoms with van der Waals surface area (Å²) in [6.45, 7) is 1.89. The quantitative estimate of drug-likeness (QED) is 0.502. The highest BCUT2D eigenvalue weighted by molar-refractivity contribution is 9.10. The summed E-state index contributed by atoms with van der Waals surface area (Å²) >= 11 is 3.54. The first-order valence-corrected chi connectivity index (χ1v) is 9.73. The van der Waals surface area contributed by atoms with Crippen molar-refractivity contribution in [3.63, 3.8) is 0 Å². The predicted molar refractivity (Wildman–Crippen MR) is 112 cm³/mol. The number of hydrogen-bond acceptors (Lipinski definition) is 3. The van der Waals surface area contributed by atoms with Crippen LogP contribution in [0.5, 0.6) is 0 Å². The lowest BCUT2D eigenvalue weighted by Gasteiger charge is -2.20. The standard InChI is InChI=1S/C21H22BrN3O3/c1-13(14-7-4-3-5-8-14)24-21(27)25-18(20(26)28-2)11-15-12-23-17-10-6-9-16(22)19(15)17/h3-10,12-13,18,23H,11H2,1-2H3,(H2,24,25,27). The normalized spacial score (nSPS) is 13.0. The van der Waals surface area contributed by atoms with Gasteiger partial charge in [0.2, 0.25) is 0 Å². The predicted octanol–water partition coefficient (Wildman–Crippen LogP) is 4.07. The van der Waals surface area contributed by atoms with Crippen molar-refractivity contribution in [2.45, 2.75) is 25.4 Å². The van der Waals surface area contributed by atoms with E-state index in [0.717, 1.165) is 26.5 Å². The number of rotatable bonds is 6. The molecule has 0 radical (unpaired) electrons. The Morgan fingerprint density at radius 3 is 2.57 bits per heavy atom. The largest absolute Gasteiger partial charge is 0.467 e. The van der Waals surface area contributed by atoms with Crippen LogP contribution in [0.4, 0.5) is 4.79 Å². The van der Waals surface area contributed by atoms with Gasteiger partial charge in [0.05, 0.1) is 13.2 Å². The first-order valence-electron chi connectivity index (χ1n) is 8.94. The molecule has 28 heavy (non-hydrogen) atoms. The number of ether oxygens (including phenoxy) is 1. The fraction of sp³-hybridized carbons (Fsp3) is 0.238. The topological polar surface area (TPSA) is 83.2 Å². The van der Waals surface area contributed by atoms with E-state index < -0.39 is 18.0 Å². The molecule has 2 amide bonds. The second-order valence-electron chi connectivity index (χ2n) is 6.51. The van der Waals surface area contributed by atoms with E-state index in [9.17, 15) is 9.59 Å². The van der Waals surface area contributed by atoms with Crippen molar-refractivity contribution in [3.8, 4) is 0 Å². The zero-order chi connectivity index (χ0) is 20.1. The third-order valence-electron chi connectivity index (χ3n) is 4.60. The molecule has 0 spiro atoms. The molecule has 3 N–H and O–H groups in total. The van der Waals surface area contributed by atoms with Crippen LogP contribution in [0.3, 0.4) is 0 Å². The van der Waals surface area contributed by atoms with Crippen molar-refractivity contribution in [3.05, 3.63) is 70.3 Å². The number of fused-ring (bicyclic) bond motifs is 1. The molecule has 2 aromatic carbocycles. The molecule has 0 saturated heterocycles. The maximum Gasteiger partial charge on any atom is 0.328 e. The van der Waals surface area contributed by atoms with Gasteiger partial charge in [-0.25, -0.2) is 9.59 Å². The number of hydrogen-bond donors (Lipinski definition) is 3. The van der Waals surface area contributed by atoms with Crippen LogP contribution in [0.1, 0.15) is 24.1 Å². The van der Waals surface area contributed by atoms with Crippen LogP contribution in [0, 0.1) is 0 Å². The monoisotopic (exact) mass is 443 g/mol. The Balaban J connectivity index is 1.73. The van der Waals surface area contributed by atoms with Gasteiger partial charge in [0.25, 0.3) is 0 Å². The summed E-state index contributed by atoms with van der Waals surface area (Å²) in [7, 11) is 1.31. The molecule has 0 fully saturated rings. The van der Waals surface area contributed by atoms with Crippen LogP contribution in [0.25, 0.3) is 10.9 Å². The molecule has 1 heterocycles. The van der Waals surface area contributed by atoms with Crippen LogP contribution in [-0.2, 0) is 16.0 Å². The van der Waals surface area contributed by atoms with Gasteiger partial charge in [-0.05, 0) is 30.2 Å². The molecule has 3 rings (SSSR count). The average molecular weight is 444 g/mol. The molecule has 0 aliphatic rings. The molecule has 146 valence electrons. The number of urea groups is 1. The summed E-state index contributed by atoms with van der Waals surface area (Å²) in [6, 6.07) is 14.0. The molecular formula is C21H22BrN3O3. The van der Waals surface area contributed by atoms with E-state index in [1.54, 1.807) is 0 Å². The second kappa shape index (κ2) is 8.93.